The van der Waals surface area contributed by atoms with Crippen molar-refractivity contribution in [3.05, 3.63) is 11.1 Å². The Kier molecular flexibility index (Phi) is 8.76. The molecule has 1 heterocycles. The van der Waals surface area contributed by atoms with Crippen LogP contribution in [0.3, 0.4) is 0 Å². The van der Waals surface area contributed by atoms with Crippen molar-refractivity contribution in [2.24, 2.45) is 0 Å². The number of aliphatic hydroxyl groups excluding tert-OH is 1. The predicted octanol–water partition coefficient (Wildman–Crippen LogP) is 1.80. The van der Waals surface area contributed by atoms with Gasteiger partial charge in [0, 0.05) is 25.0 Å². The second kappa shape index (κ2) is 10.3. The molecule has 0 bridgehead atoms. The van der Waals surface area contributed by atoms with Crippen LogP contribution in [0.4, 0.5) is 0 Å². The number of nitrogens with one attached hydrogen (secondary N) is 2. The Labute approximate surface area is 148 Å². The molecular weight excluding hydrogens is 326 g/mol. The summed E-state index contributed by atoms with van der Waals surface area (Å²) >= 11 is 1.17. The third-order valence-electron chi connectivity index (χ3n) is 3.01. The van der Waals surface area contributed by atoms with Gasteiger partial charge in [-0.05, 0) is 33.6 Å². The van der Waals surface area contributed by atoms with Gasteiger partial charge in [-0.15, -0.1) is 12.3 Å². The molecule has 1 aromatic rings. The number of ether oxygens (including phenoxy) is 1. The number of aromatic nitrogens is 1. The molecule has 7 heteroatoms. The number of rotatable bonds is 10. The van der Waals surface area contributed by atoms with Gasteiger partial charge < -0.3 is 20.5 Å². The Balaban J connectivity index is 2.30. The SMILES string of the molecule is C#CCCCCNC(=O)c1cnc(OCC(O)CNC(C)(C)C)s1. The summed E-state index contributed by atoms with van der Waals surface area (Å²) in [6.07, 6.45) is 8.49. The average Bonchev–Trinajstić information content (AvgIpc) is 2.99. The van der Waals surface area contributed by atoms with Gasteiger partial charge >= 0.3 is 0 Å². The van der Waals surface area contributed by atoms with Gasteiger partial charge in [0.25, 0.3) is 11.1 Å². The summed E-state index contributed by atoms with van der Waals surface area (Å²) in [5.41, 5.74) is -0.0619. The molecule has 1 amide bonds. The fourth-order valence-electron chi connectivity index (χ4n) is 1.72. The third-order valence-corrected chi connectivity index (χ3v) is 3.92. The molecular formula is C17H27N3O3S. The van der Waals surface area contributed by atoms with Gasteiger partial charge in [0.05, 0.1) is 6.20 Å². The van der Waals surface area contributed by atoms with E-state index < -0.39 is 6.10 Å². The zero-order valence-corrected chi connectivity index (χ0v) is 15.4. The van der Waals surface area contributed by atoms with E-state index in [2.05, 4.69) is 21.5 Å². The lowest BCUT2D eigenvalue weighted by molar-refractivity contribution is 0.0957. The van der Waals surface area contributed by atoms with Crippen molar-refractivity contribution in [1.82, 2.24) is 15.6 Å². The van der Waals surface area contributed by atoms with Crippen molar-refractivity contribution in [2.75, 3.05) is 19.7 Å². The number of terminal acetylenes is 1. The summed E-state index contributed by atoms with van der Waals surface area (Å²) < 4.78 is 5.44. The first-order chi connectivity index (χ1) is 11.3. The van der Waals surface area contributed by atoms with Crippen molar-refractivity contribution in [3.63, 3.8) is 0 Å². The van der Waals surface area contributed by atoms with Crippen LogP contribution >= 0.6 is 11.3 Å². The molecule has 0 saturated heterocycles. The van der Waals surface area contributed by atoms with Gasteiger partial charge in [0.1, 0.15) is 17.6 Å². The molecule has 1 aromatic heterocycles. The lowest BCUT2D eigenvalue weighted by atomic mass is 10.1. The number of nitrogens with zero attached hydrogens (tertiary/aromatic N) is 1. The van der Waals surface area contributed by atoms with Crippen LogP contribution < -0.4 is 15.4 Å². The summed E-state index contributed by atoms with van der Waals surface area (Å²) in [6, 6.07) is 0. The highest BCUT2D eigenvalue weighted by Crippen LogP contribution is 2.20. The van der Waals surface area contributed by atoms with E-state index >= 15 is 0 Å². The number of thiazole rings is 1. The lowest BCUT2D eigenvalue weighted by Crippen LogP contribution is -2.42. The molecule has 0 aliphatic rings. The van der Waals surface area contributed by atoms with Crippen molar-refractivity contribution in [2.45, 2.75) is 51.7 Å². The number of amides is 1. The van der Waals surface area contributed by atoms with Gasteiger partial charge in [-0.2, -0.15) is 0 Å². The molecule has 134 valence electrons. The van der Waals surface area contributed by atoms with Crippen LogP contribution in [0.1, 0.15) is 49.7 Å². The van der Waals surface area contributed by atoms with Crippen LogP contribution in [0.2, 0.25) is 0 Å². The number of hydrogen-bond acceptors (Lipinski definition) is 6. The minimum absolute atomic E-state index is 0.0619. The highest BCUT2D eigenvalue weighted by atomic mass is 32.1. The normalized spacial score (nSPS) is 12.5. The summed E-state index contributed by atoms with van der Waals surface area (Å²) in [7, 11) is 0. The van der Waals surface area contributed by atoms with E-state index in [1.165, 1.54) is 17.5 Å². The molecule has 3 N–H and O–H groups in total. The maximum atomic E-state index is 11.9. The predicted molar refractivity (Wildman–Crippen MR) is 96.4 cm³/mol. The topological polar surface area (TPSA) is 83.5 Å². The lowest BCUT2D eigenvalue weighted by Gasteiger charge is -2.22. The quantitative estimate of drug-likeness (QED) is 0.441. The van der Waals surface area contributed by atoms with Crippen LogP contribution in [0.5, 0.6) is 5.19 Å². The van der Waals surface area contributed by atoms with Crippen LogP contribution in [0, 0.1) is 12.3 Å². The maximum absolute atomic E-state index is 11.9. The summed E-state index contributed by atoms with van der Waals surface area (Å²) in [4.78, 5) is 16.5. The summed E-state index contributed by atoms with van der Waals surface area (Å²) in [6.45, 7) is 7.23. The van der Waals surface area contributed by atoms with Crippen molar-refractivity contribution < 1.29 is 14.6 Å². The molecule has 1 atom stereocenters. The summed E-state index contributed by atoms with van der Waals surface area (Å²) in [5.74, 6) is 2.40. The minimum Gasteiger partial charge on any atom is -0.467 e. The van der Waals surface area contributed by atoms with Gasteiger partial charge in [0.2, 0.25) is 0 Å². The highest BCUT2D eigenvalue weighted by Gasteiger charge is 2.14. The first-order valence-electron chi connectivity index (χ1n) is 8.05. The number of hydrogen-bond donors (Lipinski definition) is 3. The fourth-order valence-corrected chi connectivity index (χ4v) is 2.41. The molecule has 1 rings (SSSR count). The smallest absolute Gasteiger partial charge is 0.273 e. The van der Waals surface area contributed by atoms with E-state index in [0.29, 0.717) is 23.2 Å². The van der Waals surface area contributed by atoms with E-state index in [1.807, 2.05) is 20.8 Å². The summed E-state index contributed by atoms with van der Waals surface area (Å²) in [5, 5.41) is 16.3. The van der Waals surface area contributed by atoms with Crippen LogP contribution in [-0.4, -0.2) is 47.3 Å². The fraction of sp³-hybridized carbons (Fsp3) is 0.647. The molecule has 6 nitrogen and oxygen atoms in total. The first-order valence-corrected chi connectivity index (χ1v) is 8.87. The Morgan fingerprint density at radius 1 is 1.50 bits per heavy atom. The standard InChI is InChI=1S/C17H27N3O3S/c1-5-6-7-8-9-18-15(22)14-11-19-16(24-14)23-12-13(21)10-20-17(2,3)4/h1,11,13,20-21H,6-10,12H2,2-4H3,(H,18,22). The minimum atomic E-state index is -0.637. The number of carbonyl (C=O) groups is 1. The molecule has 0 spiro atoms. The molecule has 0 radical (unpaired) electrons. The van der Waals surface area contributed by atoms with Crippen LogP contribution in [0.15, 0.2) is 6.20 Å². The largest absolute Gasteiger partial charge is 0.467 e. The zero-order valence-electron chi connectivity index (χ0n) is 14.6. The molecule has 1 unspecified atom stereocenters. The Bertz CT molecular complexity index is 546. The molecule has 0 saturated carbocycles. The Morgan fingerprint density at radius 2 is 2.25 bits per heavy atom. The van der Waals surface area contributed by atoms with Crippen molar-refractivity contribution in [1.29, 1.82) is 0 Å². The van der Waals surface area contributed by atoms with E-state index in [9.17, 15) is 9.90 Å². The van der Waals surface area contributed by atoms with E-state index in [-0.39, 0.29) is 18.1 Å². The van der Waals surface area contributed by atoms with Crippen LogP contribution in [0.25, 0.3) is 0 Å². The van der Waals surface area contributed by atoms with Gasteiger partial charge in [-0.1, -0.05) is 11.3 Å². The van der Waals surface area contributed by atoms with E-state index in [1.54, 1.807) is 0 Å². The molecule has 0 fully saturated rings. The van der Waals surface area contributed by atoms with Gasteiger partial charge in [-0.3, -0.25) is 4.79 Å². The molecule has 0 aliphatic heterocycles. The number of carbonyl (C=O) groups excluding carboxylic acids is 1. The number of β-amino-alcohol motifs (C(OH)–C–C–N with tert-alkyl or cyclic N) is 1. The molecule has 0 aromatic carbocycles. The maximum Gasteiger partial charge on any atom is 0.273 e. The van der Waals surface area contributed by atoms with Crippen molar-refractivity contribution in [3.8, 4) is 17.5 Å². The highest BCUT2D eigenvalue weighted by molar-refractivity contribution is 7.15. The molecule has 0 aliphatic carbocycles. The Hall–Kier alpha value is -1.62. The average molecular weight is 353 g/mol. The second-order valence-electron chi connectivity index (χ2n) is 6.50. The van der Waals surface area contributed by atoms with Gasteiger partial charge in [0.15, 0.2) is 0 Å². The van der Waals surface area contributed by atoms with Crippen LogP contribution in [-0.2, 0) is 0 Å². The van der Waals surface area contributed by atoms with E-state index in [0.717, 1.165) is 19.3 Å². The van der Waals surface area contributed by atoms with E-state index in [4.69, 9.17) is 11.2 Å². The third kappa shape index (κ3) is 8.87. The molecule has 24 heavy (non-hydrogen) atoms. The second-order valence-corrected chi connectivity index (χ2v) is 7.50. The number of aliphatic hydroxyl groups is 1. The van der Waals surface area contributed by atoms with Gasteiger partial charge in [-0.25, -0.2) is 4.98 Å². The monoisotopic (exact) mass is 353 g/mol. The van der Waals surface area contributed by atoms with Crippen molar-refractivity contribution >= 4 is 17.2 Å². The first kappa shape index (κ1) is 20.4. The Morgan fingerprint density at radius 3 is 2.92 bits per heavy atom. The zero-order chi connectivity index (χ0) is 18.0. The number of unbranched alkanes of at least 4 members (excludes halogenated alkanes) is 2.